The van der Waals surface area contributed by atoms with E-state index in [1.54, 1.807) is 6.20 Å². The Morgan fingerprint density at radius 2 is 1.53 bits per heavy atom. The Bertz CT molecular complexity index is 629. The summed E-state index contributed by atoms with van der Waals surface area (Å²) in [7, 11) is 0. The number of benzene rings is 2. The maximum atomic E-state index is 5.85. The van der Waals surface area contributed by atoms with E-state index in [1.165, 1.54) is 0 Å². The Labute approximate surface area is 99.5 Å². The Hall–Kier alpha value is -2.35. The van der Waals surface area contributed by atoms with Gasteiger partial charge in [0.1, 0.15) is 11.5 Å². The van der Waals surface area contributed by atoms with Gasteiger partial charge in [0.2, 0.25) is 0 Å². The van der Waals surface area contributed by atoms with E-state index in [4.69, 9.17) is 4.74 Å². The lowest BCUT2D eigenvalue weighted by Gasteiger charge is -2.07. The number of fused-ring (bicyclic) bond motifs is 1. The van der Waals surface area contributed by atoms with Gasteiger partial charge in [-0.1, -0.05) is 30.3 Å². The third-order valence-corrected chi connectivity index (χ3v) is 2.58. The zero-order valence-corrected chi connectivity index (χ0v) is 9.21. The molecule has 1 aromatic heterocycles. The molecule has 3 rings (SSSR count). The monoisotopic (exact) mass is 221 g/mol. The van der Waals surface area contributed by atoms with E-state index in [1.807, 2.05) is 60.7 Å². The SMILES string of the molecule is c1ccc(Oc2ccnc3ccccc23)cc1. The molecule has 82 valence electrons. The lowest BCUT2D eigenvalue weighted by Crippen LogP contribution is -1.86. The lowest BCUT2D eigenvalue weighted by atomic mass is 10.2. The molecule has 0 radical (unpaired) electrons. The van der Waals surface area contributed by atoms with E-state index in [9.17, 15) is 0 Å². The third-order valence-electron chi connectivity index (χ3n) is 2.58. The molecule has 0 aliphatic heterocycles. The largest absolute Gasteiger partial charge is 0.457 e. The summed E-state index contributed by atoms with van der Waals surface area (Å²) in [4.78, 5) is 4.30. The number of para-hydroxylation sites is 2. The summed E-state index contributed by atoms with van der Waals surface area (Å²) in [6.45, 7) is 0. The fourth-order valence-electron chi connectivity index (χ4n) is 1.77. The van der Waals surface area contributed by atoms with Crippen molar-refractivity contribution < 1.29 is 4.74 Å². The van der Waals surface area contributed by atoms with Gasteiger partial charge >= 0.3 is 0 Å². The van der Waals surface area contributed by atoms with Crippen molar-refractivity contribution in [3.05, 3.63) is 66.9 Å². The van der Waals surface area contributed by atoms with Crippen molar-refractivity contribution in [3.63, 3.8) is 0 Å². The molecule has 17 heavy (non-hydrogen) atoms. The average Bonchev–Trinajstić information content (AvgIpc) is 2.40. The Morgan fingerprint density at radius 3 is 2.41 bits per heavy atom. The van der Waals surface area contributed by atoms with Crippen LogP contribution in [0.3, 0.4) is 0 Å². The van der Waals surface area contributed by atoms with Crippen LogP contribution in [0.1, 0.15) is 0 Å². The van der Waals surface area contributed by atoms with Crippen LogP contribution in [0, 0.1) is 0 Å². The minimum absolute atomic E-state index is 0.835. The number of hydrogen-bond acceptors (Lipinski definition) is 2. The van der Waals surface area contributed by atoms with E-state index < -0.39 is 0 Å². The summed E-state index contributed by atoms with van der Waals surface area (Å²) in [5, 5.41) is 1.03. The van der Waals surface area contributed by atoms with Gasteiger partial charge in [-0.3, -0.25) is 4.98 Å². The van der Waals surface area contributed by atoms with E-state index in [0.717, 1.165) is 22.4 Å². The molecule has 0 N–H and O–H groups in total. The molecule has 2 aromatic carbocycles. The van der Waals surface area contributed by atoms with E-state index in [-0.39, 0.29) is 0 Å². The molecule has 0 spiro atoms. The van der Waals surface area contributed by atoms with Gasteiger partial charge in [0.05, 0.1) is 5.52 Å². The Kier molecular flexibility index (Phi) is 2.47. The molecule has 0 saturated heterocycles. The van der Waals surface area contributed by atoms with Crippen molar-refractivity contribution in [1.82, 2.24) is 4.98 Å². The quantitative estimate of drug-likeness (QED) is 0.651. The summed E-state index contributed by atoms with van der Waals surface area (Å²) in [5.74, 6) is 1.67. The molecule has 0 fully saturated rings. The fourth-order valence-corrected chi connectivity index (χ4v) is 1.77. The van der Waals surface area contributed by atoms with E-state index in [0.29, 0.717) is 0 Å². The Balaban J connectivity index is 2.06. The topological polar surface area (TPSA) is 22.1 Å². The molecule has 0 bridgehead atoms. The highest BCUT2D eigenvalue weighted by Crippen LogP contribution is 2.28. The first-order chi connectivity index (χ1) is 8.43. The van der Waals surface area contributed by atoms with Crippen LogP contribution < -0.4 is 4.74 Å². The number of pyridine rings is 1. The van der Waals surface area contributed by atoms with Crippen molar-refractivity contribution in [1.29, 1.82) is 0 Å². The molecular weight excluding hydrogens is 210 g/mol. The van der Waals surface area contributed by atoms with Crippen molar-refractivity contribution >= 4 is 10.9 Å². The second-order valence-corrected chi connectivity index (χ2v) is 3.74. The summed E-state index contributed by atoms with van der Waals surface area (Å²) in [6.07, 6.45) is 1.76. The normalized spacial score (nSPS) is 10.4. The molecule has 1 heterocycles. The molecule has 3 aromatic rings. The van der Waals surface area contributed by atoms with Gasteiger partial charge in [-0.15, -0.1) is 0 Å². The number of nitrogens with zero attached hydrogens (tertiary/aromatic N) is 1. The predicted octanol–water partition coefficient (Wildman–Crippen LogP) is 4.03. The first kappa shape index (κ1) is 9.85. The fraction of sp³-hybridized carbons (Fsp3) is 0. The Morgan fingerprint density at radius 1 is 0.765 bits per heavy atom. The number of rotatable bonds is 2. The van der Waals surface area contributed by atoms with Crippen molar-refractivity contribution in [2.75, 3.05) is 0 Å². The standard InChI is InChI=1S/C15H11NO/c1-2-6-12(7-3-1)17-15-10-11-16-14-9-5-4-8-13(14)15/h1-11H. The van der Waals surface area contributed by atoms with Crippen LogP contribution in [0.4, 0.5) is 0 Å². The molecule has 2 nitrogen and oxygen atoms in total. The van der Waals surface area contributed by atoms with Gasteiger partial charge < -0.3 is 4.74 Å². The molecule has 0 atom stereocenters. The zero-order chi connectivity index (χ0) is 11.5. The van der Waals surface area contributed by atoms with Gasteiger partial charge in [0, 0.05) is 11.6 Å². The first-order valence-corrected chi connectivity index (χ1v) is 5.50. The average molecular weight is 221 g/mol. The second kappa shape index (κ2) is 4.26. The summed E-state index contributed by atoms with van der Waals surface area (Å²) >= 11 is 0. The molecule has 0 unspecified atom stereocenters. The zero-order valence-electron chi connectivity index (χ0n) is 9.21. The number of hydrogen-bond donors (Lipinski definition) is 0. The number of aromatic nitrogens is 1. The maximum Gasteiger partial charge on any atom is 0.138 e. The highest BCUT2D eigenvalue weighted by atomic mass is 16.5. The van der Waals surface area contributed by atoms with Crippen LogP contribution in [-0.4, -0.2) is 4.98 Å². The third kappa shape index (κ3) is 1.97. The first-order valence-electron chi connectivity index (χ1n) is 5.50. The minimum atomic E-state index is 0.835. The second-order valence-electron chi connectivity index (χ2n) is 3.74. The van der Waals surface area contributed by atoms with Gasteiger partial charge in [-0.05, 0) is 30.3 Å². The molecular formula is C15H11NO. The van der Waals surface area contributed by atoms with Crippen LogP contribution in [0.25, 0.3) is 10.9 Å². The lowest BCUT2D eigenvalue weighted by molar-refractivity contribution is 0.488. The van der Waals surface area contributed by atoms with Crippen molar-refractivity contribution in [3.8, 4) is 11.5 Å². The van der Waals surface area contributed by atoms with Crippen LogP contribution in [0.5, 0.6) is 11.5 Å². The molecule has 2 heteroatoms. The van der Waals surface area contributed by atoms with E-state index in [2.05, 4.69) is 4.98 Å². The highest BCUT2D eigenvalue weighted by Gasteiger charge is 2.02. The van der Waals surface area contributed by atoms with E-state index >= 15 is 0 Å². The highest BCUT2D eigenvalue weighted by molar-refractivity contribution is 5.84. The molecule has 0 amide bonds. The molecule has 0 saturated carbocycles. The summed E-state index contributed by atoms with van der Waals surface area (Å²) in [6, 6.07) is 19.6. The summed E-state index contributed by atoms with van der Waals surface area (Å²) < 4.78 is 5.85. The van der Waals surface area contributed by atoms with Crippen LogP contribution in [0.15, 0.2) is 66.9 Å². The van der Waals surface area contributed by atoms with Crippen LogP contribution in [0.2, 0.25) is 0 Å². The maximum absolute atomic E-state index is 5.85. The molecule has 0 aliphatic carbocycles. The predicted molar refractivity (Wildman–Crippen MR) is 68.3 cm³/mol. The smallest absolute Gasteiger partial charge is 0.138 e. The summed E-state index contributed by atoms with van der Waals surface area (Å²) in [5.41, 5.74) is 0.945. The van der Waals surface area contributed by atoms with Crippen molar-refractivity contribution in [2.45, 2.75) is 0 Å². The van der Waals surface area contributed by atoms with Crippen molar-refractivity contribution in [2.24, 2.45) is 0 Å². The van der Waals surface area contributed by atoms with Gasteiger partial charge in [-0.25, -0.2) is 0 Å². The van der Waals surface area contributed by atoms with Crippen LogP contribution >= 0.6 is 0 Å². The number of ether oxygens (including phenoxy) is 1. The minimum Gasteiger partial charge on any atom is -0.457 e. The van der Waals surface area contributed by atoms with Gasteiger partial charge in [0.25, 0.3) is 0 Å². The van der Waals surface area contributed by atoms with Gasteiger partial charge in [-0.2, -0.15) is 0 Å². The van der Waals surface area contributed by atoms with Gasteiger partial charge in [0.15, 0.2) is 0 Å². The molecule has 0 aliphatic rings. The van der Waals surface area contributed by atoms with Crippen LogP contribution in [-0.2, 0) is 0 Å².